The maximum atomic E-state index is 4.36. The molecule has 0 unspecified atom stereocenters. The summed E-state index contributed by atoms with van der Waals surface area (Å²) in [6.07, 6.45) is 2.15. The zero-order valence-electron chi connectivity index (χ0n) is 11.0. The molecule has 0 bridgehead atoms. The standard InChI is InChI=1S/C15H17N3S/c1-2-16-8-12-4-3-5-15-14(12)6-7-18(15)9-13-10-19-11-17-13/h3-7,10-11,16H,2,8-9H2,1H3. The van der Waals surface area contributed by atoms with Crippen molar-refractivity contribution in [3.63, 3.8) is 0 Å². The lowest BCUT2D eigenvalue weighted by Gasteiger charge is -2.06. The number of aromatic nitrogens is 2. The third kappa shape index (κ3) is 2.55. The predicted octanol–water partition coefficient (Wildman–Crippen LogP) is 3.26. The number of benzene rings is 1. The second-order valence-corrected chi connectivity index (χ2v) is 5.27. The monoisotopic (exact) mass is 271 g/mol. The van der Waals surface area contributed by atoms with Gasteiger partial charge in [-0.25, -0.2) is 4.98 Å². The first-order valence-corrected chi connectivity index (χ1v) is 7.47. The van der Waals surface area contributed by atoms with Crippen LogP contribution in [0.1, 0.15) is 18.2 Å². The van der Waals surface area contributed by atoms with Crippen LogP contribution in [0.3, 0.4) is 0 Å². The number of hydrogen-bond acceptors (Lipinski definition) is 3. The summed E-state index contributed by atoms with van der Waals surface area (Å²) in [6.45, 7) is 4.90. The van der Waals surface area contributed by atoms with Gasteiger partial charge in [-0.15, -0.1) is 11.3 Å². The molecule has 1 aromatic carbocycles. The van der Waals surface area contributed by atoms with Crippen molar-refractivity contribution in [2.75, 3.05) is 6.54 Å². The van der Waals surface area contributed by atoms with Gasteiger partial charge in [0.2, 0.25) is 0 Å². The summed E-state index contributed by atoms with van der Waals surface area (Å²) in [7, 11) is 0. The molecule has 3 rings (SSSR count). The van der Waals surface area contributed by atoms with Crippen LogP contribution in [-0.2, 0) is 13.1 Å². The first-order valence-electron chi connectivity index (χ1n) is 6.53. The van der Waals surface area contributed by atoms with Gasteiger partial charge in [0.25, 0.3) is 0 Å². The second-order valence-electron chi connectivity index (χ2n) is 4.55. The highest BCUT2D eigenvalue weighted by Crippen LogP contribution is 2.21. The van der Waals surface area contributed by atoms with Crippen molar-refractivity contribution in [1.82, 2.24) is 14.9 Å². The van der Waals surface area contributed by atoms with E-state index >= 15 is 0 Å². The lowest BCUT2D eigenvalue weighted by atomic mass is 10.1. The number of nitrogens with one attached hydrogen (secondary N) is 1. The summed E-state index contributed by atoms with van der Waals surface area (Å²) in [5.74, 6) is 0. The fraction of sp³-hybridized carbons (Fsp3) is 0.267. The molecule has 0 amide bonds. The van der Waals surface area contributed by atoms with Gasteiger partial charge in [0.1, 0.15) is 0 Å². The van der Waals surface area contributed by atoms with E-state index in [2.05, 4.69) is 57.6 Å². The van der Waals surface area contributed by atoms with E-state index in [1.165, 1.54) is 16.5 Å². The zero-order valence-corrected chi connectivity index (χ0v) is 11.8. The summed E-state index contributed by atoms with van der Waals surface area (Å²) >= 11 is 1.65. The Morgan fingerprint density at radius 3 is 3.05 bits per heavy atom. The van der Waals surface area contributed by atoms with Gasteiger partial charge in [0, 0.05) is 29.0 Å². The normalized spacial score (nSPS) is 11.2. The summed E-state index contributed by atoms with van der Waals surface area (Å²) in [5.41, 5.74) is 5.65. The molecule has 0 fully saturated rings. The molecular weight excluding hydrogens is 254 g/mol. The van der Waals surface area contributed by atoms with Gasteiger partial charge in [-0.1, -0.05) is 19.1 Å². The van der Waals surface area contributed by atoms with E-state index in [9.17, 15) is 0 Å². The topological polar surface area (TPSA) is 29.9 Å². The van der Waals surface area contributed by atoms with Crippen molar-refractivity contribution in [2.45, 2.75) is 20.0 Å². The minimum absolute atomic E-state index is 0.845. The first kappa shape index (κ1) is 12.4. The van der Waals surface area contributed by atoms with Gasteiger partial charge >= 0.3 is 0 Å². The Labute approximate surface area is 116 Å². The van der Waals surface area contributed by atoms with Gasteiger partial charge in [0.15, 0.2) is 0 Å². The van der Waals surface area contributed by atoms with Crippen LogP contribution in [0.5, 0.6) is 0 Å². The van der Waals surface area contributed by atoms with Crippen molar-refractivity contribution in [2.24, 2.45) is 0 Å². The van der Waals surface area contributed by atoms with Crippen LogP contribution < -0.4 is 5.32 Å². The highest BCUT2D eigenvalue weighted by atomic mass is 32.1. The average Bonchev–Trinajstić information content (AvgIpc) is 3.07. The Bertz CT molecular complexity index is 655. The van der Waals surface area contributed by atoms with E-state index in [1.54, 1.807) is 11.3 Å². The minimum Gasteiger partial charge on any atom is -0.341 e. The molecule has 0 atom stereocenters. The van der Waals surface area contributed by atoms with Crippen LogP contribution in [0.25, 0.3) is 10.9 Å². The molecule has 0 aliphatic heterocycles. The molecule has 0 saturated carbocycles. The highest BCUT2D eigenvalue weighted by molar-refractivity contribution is 7.07. The third-order valence-corrected chi connectivity index (χ3v) is 3.92. The molecule has 2 aromatic heterocycles. The highest BCUT2D eigenvalue weighted by Gasteiger charge is 2.06. The Morgan fingerprint density at radius 1 is 1.32 bits per heavy atom. The van der Waals surface area contributed by atoms with Crippen LogP contribution in [0, 0.1) is 0 Å². The van der Waals surface area contributed by atoms with Crippen LogP contribution in [0.15, 0.2) is 41.4 Å². The van der Waals surface area contributed by atoms with E-state index in [0.29, 0.717) is 0 Å². The summed E-state index contributed by atoms with van der Waals surface area (Å²) in [4.78, 5) is 4.36. The fourth-order valence-corrected chi connectivity index (χ4v) is 2.88. The third-order valence-electron chi connectivity index (χ3n) is 3.29. The second kappa shape index (κ2) is 5.55. The summed E-state index contributed by atoms with van der Waals surface area (Å²) < 4.78 is 2.26. The molecule has 0 saturated heterocycles. The van der Waals surface area contributed by atoms with Gasteiger partial charge in [-0.05, 0) is 24.2 Å². The molecule has 2 heterocycles. The van der Waals surface area contributed by atoms with E-state index < -0.39 is 0 Å². The van der Waals surface area contributed by atoms with Crippen LogP contribution >= 0.6 is 11.3 Å². The number of hydrogen-bond donors (Lipinski definition) is 1. The minimum atomic E-state index is 0.845. The molecule has 3 nitrogen and oxygen atoms in total. The van der Waals surface area contributed by atoms with Crippen LogP contribution in [0.2, 0.25) is 0 Å². The van der Waals surface area contributed by atoms with E-state index in [-0.39, 0.29) is 0 Å². The summed E-state index contributed by atoms with van der Waals surface area (Å²) in [6, 6.07) is 8.70. The largest absolute Gasteiger partial charge is 0.341 e. The van der Waals surface area contributed by atoms with Crippen LogP contribution in [-0.4, -0.2) is 16.1 Å². The van der Waals surface area contributed by atoms with Gasteiger partial charge in [-0.2, -0.15) is 0 Å². The zero-order chi connectivity index (χ0) is 13.1. The maximum Gasteiger partial charge on any atom is 0.0795 e. The molecule has 0 aliphatic carbocycles. The van der Waals surface area contributed by atoms with Gasteiger partial charge in [0.05, 0.1) is 17.7 Å². The maximum absolute atomic E-state index is 4.36. The molecular formula is C15H17N3S. The Kier molecular flexibility index (Phi) is 3.62. The smallest absolute Gasteiger partial charge is 0.0795 e. The molecule has 0 spiro atoms. The Hall–Kier alpha value is -1.65. The van der Waals surface area contributed by atoms with Crippen molar-refractivity contribution >= 4 is 22.2 Å². The number of rotatable bonds is 5. The van der Waals surface area contributed by atoms with Gasteiger partial charge in [-0.3, -0.25) is 0 Å². The Morgan fingerprint density at radius 2 is 2.26 bits per heavy atom. The molecule has 98 valence electrons. The van der Waals surface area contributed by atoms with Crippen molar-refractivity contribution in [1.29, 1.82) is 0 Å². The van der Waals surface area contributed by atoms with E-state index in [4.69, 9.17) is 0 Å². The van der Waals surface area contributed by atoms with Crippen molar-refractivity contribution in [3.05, 3.63) is 52.6 Å². The lowest BCUT2D eigenvalue weighted by Crippen LogP contribution is -2.11. The van der Waals surface area contributed by atoms with Crippen molar-refractivity contribution < 1.29 is 0 Å². The molecule has 0 aliphatic rings. The van der Waals surface area contributed by atoms with E-state index in [1.807, 2.05) is 5.51 Å². The lowest BCUT2D eigenvalue weighted by molar-refractivity contribution is 0.730. The number of nitrogens with zero attached hydrogens (tertiary/aromatic N) is 2. The average molecular weight is 271 g/mol. The van der Waals surface area contributed by atoms with Gasteiger partial charge < -0.3 is 9.88 Å². The molecule has 4 heteroatoms. The fourth-order valence-electron chi connectivity index (χ4n) is 2.33. The first-order chi connectivity index (χ1) is 9.38. The van der Waals surface area contributed by atoms with Crippen molar-refractivity contribution in [3.8, 4) is 0 Å². The number of fused-ring (bicyclic) bond motifs is 1. The predicted molar refractivity (Wildman–Crippen MR) is 80.5 cm³/mol. The van der Waals surface area contributed by atoms with E-state index in [0.717, 1.165) is 25.3 Å². The number of thiazole rings is 1. The summed E-state index contributed by atoms with van der Waals surface area (Å²) in [5, 5.41) is 6.83. The Balaban J connectivity index is 1.94. The SMILES string of the molecule is CCNCc1cccc2c1ccn2Cc1cscn1. The molecule has 3 aromatic rings. The molecule has 1 N–H and O–H groups in total. The molecule has 0 radical (unpaired) electrons. The molecule has 19 heavy (non-hydrogen) atoms. The quantitative estimate of drug-likeness (QED) is 0.772. The van der Waals surface area contributed by atoms with Crippen LogP contribution in [0.4, 0.5) is 0 Å².